The molecule has 2 aliphatic rings. The van der Waals surface area contributed by atoms with Gasteiger partial charge in [-0.25, -0.2) is 18.2 Å². The van der Waals surface area contributed by atoms with Crippen molar-refractivity contribution >= 4 is 60.8 Å². The number of hydrogen-bond acceptors (Lipinski definition) is 7. The molecule has 2 saturated carbocycles. The van der Waals surface area contributed by atoms with Crippen molar-refractivity contribution in [1.29, 1.82) is 0 Å². The second-order valence-corrected chi connectivity index (χ2v) is 15.4. The zero-order chi connectivity index (χ0) is 34.4. The van der Waals surface area contributed by atoms with Crippen LogP contribution in [0.4, 0.5) is 14.5 Å². The third-order valence-corrected chi connectivity index (χ3v) is 10.3. The number of carbonyl (C=O) groups is 1. The lowest BCUT2D eigenvalue weighted by atomic mass is 10.0. The molecular weight excluding hydrogens is 757 g/mol. The van der Waals surface area contributed by atoms with Crippen LogP contribution in [0.25, 0.3) is 0 Å². The second-order valence-electron chi connectivity index (χ2n) is 11.9. The van der Waals surface area contributed by atoms with Crippen LogP contribution >= 0.6 is 39.1 Å². The van der Waals surface area contributed by atoms with E-state index in [0.717, 1.165) is 31.9 Å². The number of sulfonamides is 1. The Hall–Kier alpha value is -2.87. The van der Waals surface area contributed by atoms with E-state index in [2.05, 4.69) is 20.9 Å². The van der Waals surface area contributed by atoms with Crippen molar-refractivity contribution in [3.63, 3.8) is 0 Å². The minimum atomic E-state index is -3.67. The minimum absolute atomic E-state index is 0.0344. The molecule has 0 aliphatic heterocycles. The van der Waals surface area contributed by atoms with Crippen molar-refractivity contribution in [2.45, 2.75) is 51.2 Å². The molecule has 0 unspecified atom stereocenters. The Balaban J connectivity index is 1.49. The van der Waals surface area contributed by atoms with Gasteiger partial charge in [-0.05, 0) is 79.8 Å². The summed E-state index contributed by atoms with van der Waals surface area (Å²) in [5.74, 6) is 0.131. The van der Waals surface area contributed by atoms with Gasteiger partial charge in [0, 0.05) is 23.9 Å². The summed E-state index contributed by atoms with van der Waals surface area (Å²) < 4.78 is 76.0. The molecule has 2 aliphatic carbocycles. The molecule has 0 saturated heterocycles. The van der Waals surface area contributed by atoms with Gasteiger partial charge in [0.25, 0.3) is 0 Å². The van der Waals surface area contributed by atoms with Gasteiger partial charge in [0.05, 0.1) is 30.7 Å². The van der Waals surface area contributed by atoms with Crippen LogP contribution in [0.15, 0.2) is 48.8 Å². The van der Waals surface area contributed by atoms with Crippen LogP contribution in [0.2, 0.25) is 10.0 Å². The topological polar surface area (TPSA) is 106 Å². The summed E-state index contributed by atoms with van der Waals surface area (Å²) >= 11 is 16.3. The molecule has 0 spiro atoms. The van der Waals surface area contributed by atoms with Gasteiger partial charge >= 0.3 is 12.6 Å². The van der Waals surface area contributed by atoms with Crippen molar-refractivity contribution in [3.8, 4) is 17.2 Å². The Morgan fingerprint density at radius 1 is 0.979 bits per heavy atom. The highest BCUT2D eigenvalue weighted by Crippen LogP contribution is 2.39. The lowest BCUT2D eigenvalue weighted by molar-refractivity contribution is -0.377. The highest BCUT2D eigenvalue weighted by molar-refractivity contribution is 9.09. The lowest BCUT2D eigenvalue weighted by Gasteiger charge is -2.25. The molecule has 0 amide bonds. The fourth-order valence-corrected chi connectivity index (χ4v) is 6.68. The van der Waals surface area contributed by atoms with Gasteiger partial charge < -0.3 is 18.9 Å². The van der Waals surface area contributed by atoms with Crippen molar-refractivity contribution in [2.24, 2.45) is 11.8 Å². The van der Waals surface area contributed by atoms with Crippen LogP contribution < -0.4 is 23.5 Å². The minimum Gasteiger partial charge on any atom is -0.491 e. The average Bonchev–Trinajstić information content (AvgIpc) is 3.96. The molecule has 0 radical (unpaired) electrons. The Morgan fingerprint density at radius 3 is 2.21 bits per heavy atom. The van der Waals surface area contributed by atoms with Crippen molar-refractivity contribution in [1.82, 2.24) is 0 Å². The highest BCUT2D eigenvalue weighted by Gasteiger charge is 2.29. The highest BCUT2D eigenvalue weighted by atomic mass is 79.9. The molecule has 1 heterocycles. The van der Waals surface area contributed by atoms with Gasteiger partial charge in [0.1, 0.15) is 21.9 Å². The zero-order valence-electron chi connectivity index (χ0n) is 26.1. The molecule has 9 nitrogen and oxygen atoms in total. The number of hydrogen-bond donors (Lipinski definition) is 0. The average molecular weight is 794 g/mol. The summed E-state index contributed by atoms with van der Waals surface area (Å²) in [6.07, 6.45) is 7.77. The number of aromatic amines is 1. The molecule has 3 aromatic rings. The third-order valence-electron chi connectivity index (χ3n) is 7.89. The SMILES string of the molecule is CS(=O)(=O)N(CCCBr)c1ccc(C(=O)O[C@@H](Cc2c(Cl)c[nH+]cc2Cl)c2ccc(OC(F)F)c(OCC3CC3)c2)cc1OCC1CC1. The van der Waals surface area contributed by atoms with Gasteiger partial charge in [-0.3, -0.25) is 4.31 Å². The Kier molecular flexibility index (Phi) is 12.3. The van der Waals surface area contributed by atoms with Crippen LogP contribution in [0.5, 0.6) is 17.2 Å². The first-order chi connectivity index (χ1) is 22.9. The summed E-state index contributed by atoms with van der Waals surface area (Å²) in [5.41, 5.74) is 1.35. The van der Waals surface area contributed by atoms with Crippen LogP contribution in [0, 0.1) is 11.8 Å². The molecule has 260 valence electrons. The van der Waals surface area contributed by atoms with E-state index in [0.29, 0.717) is 63.7 Å². The molecule has 1 N–H and O–H groups in total. The molecule has 2 fully saturated rings. The zero-order valence-corrected chi connectivity index (χ0v) is 30.0. The number of esters is 1. The number of carbonyl (C=O) groups excluding carboxylic acids is 1. The molecule has 15 heteroatoms. The number of halogens is 5. The van der Waals surface area contributed by atoms with Crippen molar-refractivity contribution < 1.29 is 45.9 Å². The van der Waals surface area contributed by atoms with Gasteiger partial charge in [0.2, 0.25) is 10.0 Å². The number of nitrogens with zero attached hydrogens (tertiary/aromatic N) is 1. The Morgan fingerprint density at radius 2 is 1.62 bits per heavy atom. The maximum atomic E-state index is 13.8. The number of nitrogens with one attached hydrogen (secondary N) is 1. The molecule has 1 atom stereocenters. The number of rotatable bonds is 18. The normalized spacial score (nSPS) is 15.2. The fourth-order valence-electron chi connectivity index (χ4n) is 4.93. The van der Waals surface area contributed by atoms with E-state index < -0.39 is 28.7 Å². The number of alkyl halides is 3. The number of pyridine rings is 1. The van der Waals surface area contributed by atoms with E-state index >= 15 is 0 Å². The smallest absolute Gasteiger partial charge is 0.387 e. The predicted molar refractivity (Wildman–Crippen MR) is 181 cm³/mol. The molecule has 2 aromatic carbocycles. The third kappa shape index (κ3) is 10.1. The maximum absolute atomic E-state index is 13.8. The summed E-state index contributed by atoms with van der Waals surface area (Å²) in [6.45, 7) is -2.15. The molecule has 1 aromatic heterocycles. The second kappa shape index (κ2) is 16.2. The largest absolute Gasteiger partial charge is 0.491 e. The Bertz CT molecular complexity index is 1690. The van der Waals surface area contributed by atoms with Crippen LogP contribution in [-0.2, 0) is 21.2 Å². The number of anilines is 1. The van der Waals surface area contributed by atoms with Gasteiger partial charge in [-0.2, -0.15) is 8.78 Å². The lowest BCUT2D eigenvalue weighted by Crippen LogP contribution is -2.31. The van der Waals surface area contributed by atoms with Crippen molar-refractivity contribution in [3.05, 3.63) is 75.5 Å². The summed E-state index contributed by atoms with van der Waals surface area (Å²) in [5, 5.41) is 1.20. The van der Waals surface area contributed by atoms with Gasteiger partial charge in [-0.15, -0.1) is 0 Å². The van der Waals surface area contributed by atoms with E-state index in [4.69, 9.17) is 42.1 Å². The number of aromatic nitrogens is 1. The first-order valence-electron chi connectivity index (χ1n) is 15.5. The number of benzene rings is 2. The van der Waals surface area contributed by atoms with Crippen LogP contribution in [0.3, 0.4) is 0 Å². The number of ether oxygens (including phenoxy) is 4. The molecule has 5 rings (SSSR count). The van der Waals surface area contributed by atoms with Gasteiger partial charge in [-0.1, -0.05) is 45.2 Å². The first kappa shape index (κ1) is 36.4. The molecule has 0 bridgehead atoms. The quantitative estimate of drug-likeness (QED) is 0.0962. The van der Waals surface area contributed by atoms with Crippen LogP contribution in [-0.4, -0.2) is 52.3 Å². The molecular formula is C33H36BrCl2F2N2O7S+. The van der Waals surface area contributed by atoms with E-state index in [9.17, 15) is 22.0 Å². The summed E-state index contributed by atoms with van der Waals surface area (Å²) in [4.78, 5) is 16.7. The summed E-state index contributed by atoms with van der Waals surface area (Å²) in [7, 11) is -3.67. The number of H-pyrrole nitrogens is 1. The van der Waals surface area contributed by atoms with E-state index in [1.165, 1.54) is 53.1 Å². The molecule has 48 heavy (non-hydrogen) atoms. The summed E-state index contributed by atoms with van der Waals surface area (Å²) in [6, 6.07) is 8.85. The van der Waals surface area contributed by atoms with E-state index in [-0.39, 0.29) is 35.8 Å². The first-order valence-corrected chi connectivity index (χ1v) is 19.2. The maximum Gasteiger partial charge on any atom is 0.387 e. The van der Waals surface area contributed by atoms with Crippen molar-refractivity contribution in [2.75, 3.05) is 35.6 Å². The van der Waals surface area contributed by atoms with E-state index in [1.807, 2.05) is 0 Å². The van der Waals surface area contributed by atoms with Gasteiger partial charge in [0.15, 0.2) is 23.9 Å². The fraction of sp³-hybridized carbons (Fsp3) is 0.455. The monoisotopic (exact) mass is 791 g/mol. The standard InChI is InChI=1S/C33H35BrCl2F2N2O7S/c1-48(42,43)40(12-2-11-34)27-9-7-23(14-30(27)44-18-20-3-4-20)32(41)46-29(15-24-25(35)16-39-17-26(24)36)22-8-10-28(47-33(37)38)31(13-22)45-19-21-5-6-21/h7-10,13-14,16-17,20-21,29,33H,2-6,11-12,15,18-19H2,1H3/p+1/t29-/m0/s1. The Labute approximate surface area is 297 Å². The van der Waals surface area contributed by atoms with Crippen LogP contribution in [0.1, 0.15) is 59.7 Å². The predicted octanol–water partition coefficient (Wildman–Crippen LogP) is 7.68. The van der Waals surface area contributed by atoms with E-state index in [1.54, 1.807) is 0 Å².